The van der Waals surface area contributed by atoms with Gasteiger partial charge in [0.25, 0.3) is 0 Å². The number of ether oxygens (including phenoxy) is 1. The monoisotopic (exact) mass is 496 g/mol. The van der Waals surface area contributed by atoms with Gasteiger partial charge < -0.3 is 4.74 Å². The van der Waals surface area contributed by atoms with E-state index in [2.05, 4.69) is 90.1 Å². The highest BCUT2D eigenvalue weighted by molar-refractivity contribution is 7.64. The maximum atomic E-state index is 6.11. The summed E-state index contributed by atoms with van der Waals surface area (Å²) >= 11 is 0. The zero-order valence-corrected chi connectivity index (χ0v) is 24.1. The molecule has 0 bridgehead atoms. The van der Waals surface area contributed by atoms with Crippen molar-refractivity contribution in [2.24, 2.45) is 0 Å². The van der Waals surface area contributed by atoms with Crippen molar-refractivity contribution >= 4 is 13.2 Å². The van der Waals surface area contributed by atoms with E-state index < -0.39 is 7.92 Å². The lowest BCUT2D eigenvalue weighted by Crippen LogP contribution is -2.27. The summed E-state index contributed by atoms with van der Waals surface area (Å²) in [6, 6.07) is 19.5. The molecular formula is C34H41OP. The molecule has 1 heterocycles. The highest BCUT2D eigenvalue weighted by Gasteiger charge is 2.48. The van der Waals surface area contributed by atoms with Crippen LogP contribution in [0.4, 0.5) is 0 Å². The van der Waals surface area contributed by atoms with Gasteiger partial charge in [-0.2, -0.15) is 0 Å². The van der Waals surface area contributed by atoms with Crippen LogP contribution in [0.2, 0.25) is 0 Å². The summed E-state index contributed by atoms with van der Waals surface area (Å²) in [6.45, 7) is 14.0. The summed E-state index contributed by atoms with van der Waals surface area (Å²) in [7, 11) is 1.45. The molecule has 3 aromatic carbocycles. The third-order valence-electron chi connectivity index (χ3n) is 9.05. The highest BCUT2D eigenvalue weighted by Crippen LogP contribution is 2.59. The molecule has 6 rings (SSSR count). The normalized spacial score (nSPS) is 18.4. The summed E-state index contributed by atoms with van der Waals surface area (Å²) in [6.07, 6.45) is 7.44. The zero-order valence-electron chi connectivity index (χ0n) is 23.2. The molecule has 1 aliphatic heterocycles. The van der Waals surface area contributed by atoms with Gasteiger partial charge in [0.05, 0.1) is 7.11 Å². The largest absolute Gasteiger partial charge is 0.496 e. The van der Waals surface area contributed by atoms with Gasteiger partial charge in [0.1, 0.15) is 5.75 Å². The lowest BCUT2D eigenvalue weighted by atomic mass is 9.73. The first-order valence-corrected chi connectivity index (χ1v) is 15.4. The second kappa shape index (κ2) is 8.19. The van der Waals surface area contributed by atoms with Crippen LogP contribution in [0.5, 0.6) is 5.75 Å². The summed E-state index contributed by atoms with van der Waals surface area (Å²) in [4.78, 5) is 0. The van der Waals surface area contributed by atoms with E-state index in [0.717, 1.165) is 5.75 Å². The molecule has 0 unspecified atom stereocenters. The summed E-state index contributed by atoms with van der Waals surface area (Å²) in [5.41, 5.74) is 12.9. The van der Waals surface area contributed by atoms with Gasteiger partial charge in [-0.05, 0) is 99.7 Å². The zero-order chi connectivity index (χ0) is 25.5. The quantitative estimate of drug-likeness (QED) is 0.324. The molecule has 3 aliphatic rings. The van der Waals surface area contributed by atoms with Crippen LogP contribution in [0.3, 0.4) is 0 Å². The minimum absolute atomic E-state index is 0.0244. The first-order valence-electron chi connectivity index (χ1n) is 13.7. The summed E-state index contributed by atoms with van der Waals surface area (Å²) in [5.74, 6) is 1.08. The fraction of sp³-hybridized carbons (Fsp3) is 0.471. The molecule has 2 aliphatic carbocycles. The van der Waals surface area contributed by atoms with Gasteiger partial charge in [0.2, 0.25) is 0 Å². The van der Waals surface area contributed by atoms with Gasteiger partial charge in [-0.3, -0.25) is 0 Å². The van der Waals surface area contributed by atoms with Gasteiger partial charge in [-0.15, -0.1) is 0 Å². The third kappa shape index (κ3) is 3.60. The Morgan fingerprint density at radius 1 is 0.694 bits per heavy atom. The van der Waals surface area contributed by atoms with Gasteiger partial charge in [-0.25, -0.2) is 0 Å². The minimum atomic E-state index is -0.394. The number of benzene rings is 3. The Bertz CT molecular complexity index is 1250. The molecule has 2 heteroatoms. The van der Waals surface area contributed by atoms with Crippen molar-refractivity contribution in [2.45, 2.75) is 95.8 Å². The van der Waals surface area contributed by atoms with Crippen molar-refractivity contribution in [1.29, 1.82) is 0 Å². The van der Waals surface area contributed by atoms with Crippen LogP contribution >= 0.6 is 7.92 Å². The van der Waals surface area contributed by atoms with Gasteiger partial charge >= 0.3 is 0 Å². The van der Waals surface area contributed by atoms with Gasteiger partial charge in [0, 0.05) is 16.5 Å². The number of methoxy groups -OCH3 is 1. The van der Waals surface area contributed by atoms with Crippen LogP contribution in [0.15, 0.2) is 48.5 Å². The average molecular weight is 497 g/mol. The van der Waals surface area contributed by atoms with E-state index in [0.29, 0.717) is 0 Å². The Balaban J connectivity index is 1.59. The standard InChI is InChI=1S/C34H41OP/c1-32(2,3)27-18-26(19-28(31(27)35-7)33(4,5)6)36-20-24-12-8-10-22-14-16-34(29(22)24)17-15-23-11-9-13-25(21-36)30(23)34/h8-13,18-19H,14-17,20-21H2,1-7H3. The predicted octanol–water partition coefficient (Wildman–Crippen LogP) is 8.29. The molecule has 0 saturated carbocycles. The molecule has 1 spiro atoms. The van der Waals surface area contributed by atoms with Crippen molar-refractivity contribution in [1.82, 2.24) is 0 Å². The van der Waals surface area contributed by atoms with Crippen molar-refractivity contribution in [3.05, 3.63) is 93.0 Å². The Morgan fingerprint density at radius 3 is 1.56 bits per heavy atom. The Hall–Kier alpha value is -2.11. The Kier molecular flexibility index (Phi) is 5.52. The highest BCUT2D eigenvalue weighted by atomic mass is 31.1. The van der Waals surface area contributed by atoms with E-state index in [1.807, 2.05) is 7.11 Å². The van der Waals surface area contributed by atoms with Crippen LogP contribution in [0.1, 0.15) is 98.9 Å². The van der Waals surface area contributed by atoms with E-state index in [1.165, 1.54) is 49.1 Å². The first kappa shape index (κ1) is 24.2. The second-order valence-electron chi connectivity index (χ2n) is 13.4. The van der Waals surface area contributed by atoms with Crippen LogP contribution < -0.4 is 10.0 Å². The fourth-order valence-corrected chi connectivity index (χ4v) is 9.89. The number of aryl methyl sites for hydroxylation is 2. The number of hydrogen-bond acceptors (Lipinski definition) is 1. The van der Waals surface area contributed by atoms with Crippen LogP contribution in [-0.2, 0) is 41.4 Å². The SMILES string of the molecule is COc1c(C(C)(C)C)cc(P2Cc3cccc4c3C3(CC4)CCc4cccc(c43)C2)cc1C(C)(C)C. The molecule has 0 fully saturated rings. The average Bonchev–Trinajstić information content (AvgIpc) is 3.38. The van der Waals surface area contributed by atoms with Crippen molar-refractivity contribution in [3.63, 3.8) is 0 Å². The molecule has 0 radical (unpaired) electrons. The summed E-state index contributed by atoms with van der Waals surface area (Å²) in [5, 5.41) is 1.54. The number of rotatable bonds is 2. The van der Waals surface area contributed by atoms with Gasteiger partial charge in [0.15, 0.2) is 0 Å². The lowest BCUT2D eigenvalue weighted by molar-refractivity contribution is 0.382. The van der Waals surface area contributed by atoms with E-state index in [9.17, 15) is 0 Å². The molecule has 0 amide bonds. The minimum Gasteiger partial charge on any atom is -0.496 e. The number of hydrogen-bond donors (Lipinski definition) is 0. The van der Waals surface area contributed by atoms with E-state index >= 15 is 0 Å². The van der Waals surface area contributed by atoms with Crippen molar-refractivity contribution in [3.8, 4) is 5.75 Å². The van der Waals surface area contributed by atoms with Crippen LogP contribution in [-0.4, -0.2) is 7.11 Å². The lowest BCUT2D eigenvalue weighted by Gasteiger charge is -2.36. The predicted molar refractivity (Wildman–Crippen MR) is 155 cm³/mol. The van der Waals surface area contributed by atoms with Gasteiger partial charge in [-0.1, -0.05) is 85.9 Å². The second-order valence-corrected chi connectivity index (χ2v) is 15.6. The molecule has 0 N–H and O–H groups in total. The van der Waals surface area contributed by atoms with Crippen molar-refractivity contribution < 1.29 is 4.74 Å². The molecule has 0 saturated heterocycles. The van der Waals surface area contributed by atoms with E-state index in [1.54, 1.807) is 38.7 Å². The molecule has 1 nitrogen and oxygen atoms in total. The molecule has 0 aromatic heterocycles. The summed E-state index contributed by atoms with van der Waals surface area (Å²) < 4.78 is 6.11. The molecule has 188 valence electrons. The fourth-order valence-electron chi connectivity index (χ4n) is 7.44. The molecule has 0 atom stereocenters. The molecule has 3 aromatic rings. The molecular weight excluding hydrogens is 455 g/mol. The van der Waals surface area contributed by atoms with E-state index in [4.69, 9.17) is 4.74 Å². The third-order valence-corrected chi connectivity index (χ3v) is 11.5. The topological polar surface area (TPSA) is 9.23 Å². The Labute approximate surface area is 219 Å². The maximum absolute atomic E-state index is 6.11. The first-order chi connectivity index (χ1) is 17.0. The van der Waals surface area contributed by atoms with Crippen LogP contribution in [0, 0.1) is 0 Å². The smallest absolute Gasteiger partial charge is 0.126 e. The maximum Gasteiger partial charge on any atom is 0.126 e. The van der Waals surface area contributed by atoms with E-state index in [-0.39, 0.29) is 16.2 Å². The van der Waals surface area contributed by atoms with Crippen LogP contribution in [0.25, 0.3) is 0 Å². The molecule has 36 heavy (non-hydrogen) atoms. The Morgan fingerprint density at radius 2 is 1.14 bits per heavy atom. The van der Waals surface area contributed by atoms with Crippen molar-refractivity contribution in [2.75, 3.05) is 7.11 Å².